The molecule has 1 aromatic rings. The molecular formula is C23H34KN2OS2-. The number of nitrogens with zero attached hydrogens (tertiary/aromatic N) is 1. The normalized spacial score (nSPS) is 12.1. The van der Waals surface area contributed by atoms with Crippen molar-refractivity contribution in [2.24, 2.45) is 5.73 Å². The first-order chi connectivity index (χ1) is 13.3. The number of hydrogen-bond donors (Lipinski definition) is 2. The van der Waals surface area contributed by atoms with Crippen LogP contribution >= 0.6 is 12.6 Å². The van der Waals surface area contributed by atoms with Crippen molar-refractivity contribution in [2.75, 3.05) is 11.4 Å². The van der Waals surface area contributed by atoms with Gasteiger partial charge in [0.2, 0.25) is 0 Å². The van der Waals surface area contributed by atoms with Gasteiger partial charge < -0.3 is 28.4 Å². The second-order valence-electron chi connectivity index (χ2n) is 7.27. The van der Waals surface area contributed by atoms with E-state index in [1.807, 2.05) is 25.2 Å². The number of rotatable bonds is 12. The molecule has 0 amide bonds. The van der Waals surface area contributed by atoms with Crippen LogP contribution in [0.5, 0.6) is 5.75 Å². The number of unbranched alkanes of at least 4 members (excludes halogenated alkanes) is 2. The fourth-order valence-corrected chi connectivity index (χ4v) is 3.73. The third-order valence-electron chi connectivity index (χ3n) is 4.80. The van der Waals surface area contributed by atoms with E-state index >= 15 is 0 Å². The van der Waals surface area contributed by atoms with Crippen LogP contribution < -0.4 is 67.1 Å². The van der Waals surface area contributed by atoms with Gasteiger partial charge in [0.05, 0.1) is 5.69 Å². The molecule has 0 bridgehead atoms. The molecule has 0 fully saturated rings. The Labute approximate surface area is 231 Å². The monoisotopic (exact) mass is 457 g/mol. The van der Waals surface area contributed by atoms with E-state index in [0.717, 1.165) is 49.9 Å². The van der Waals surface area contributed by atoms with Gasteiger partial charge in [-0.15, -0.1) is 18.4 Å². The molecule has 156 valence electrons. The van der Waals surface area contributed by atoms with Crippen molar-refractivity contribution < 1.29 is 56.5 Å². The van der Waals surface area contributed by atoms with Crippen LogP contribution in [-0.2, 0) is 12.6 Å². The molecule has 3 nitrogen and oxygen atoms in total. The van der Waals surface area contributed by atoms with Gasteiger partial charge in [0.15, 0.2) is 0 Å². The standard InChI is InChI=1S/C23H36N2OS2.K/c1-5-9-13-23(24,14-10-6-2)17-25(18(11-7-3)12-8-4)19-15-22(28)20(26)16-21(19)27;/h7-8,11-12,15-16,26-28H,3,5-6,9-10,13-14,17,24H2,1-2,4H3;/q;+1/p-2/b12-8-,18-11+;. The van der Waals surface area contributed by atoms with Crippen LogP contribution in [0.3, 0.4) is 0 Å². The van der Waals surface area contributed by atoms with Gasteiger partial charge in [-0.3, -0.25) is 0 Å². The zero-order valence-electron chi connectivity index (χ0n) is 18.4. The number of allylic oxidation sites excluding steroid dienone is 4. The Hall–Kier alpha value is 0.206. The first-order valence-corrected chi connectivity index (χ1v) is 10.9. The van der Waals surface area contributed by atoms with E-state index in [1.165, 1.54) is 6.07 Å². The molecule has 0 saturated carbocycles. The summed E-state index contributed by atoms with van der Waals surface area (Å²) in [5, 5.41) is 12.0. The van der Waals surface area contributed by atoms with Crippen molar-refractivity contribution in [1.29, 1.82) is 0 Å². The van der Waals surface area contributed by atoms with Crippen LogP contribution in [0.4, 0.5) is 5.69 Å². The van der Waals surface area contributed by atoms with Crippen molar-refractivity contribution >= 4 is 30.9 Å². The van der Waals surface area contributed by atoms with E-state index in [0.29, 0.717) is 16.3 Å². The molecule has 0 radical (unpaired) electrons. The van der Waals surface area contributed by atoms with Gasteiger partial charge in [-0.1, -0.05) is 70.4 Å². The minimum absolute atomic E-state index is 0. The van der Waals surface area contributed by atoms with Gasteiger partial charge in [0.1, 0.15) is 0 Å². The van der Waals surface area contributed by atoms with Gasteiger partial charge in [-0.05, 0) is 31.9 Å². The fraction of sp³-hybridized carbons (Fsp3) is 0.478. The average molecular weight is 458 g/mol. The van der Waals surface area contributed by atoms with Crippen molar-refractivity contribution in [3.05, 3.63) is 48.7 Å². The number of hydrogen-bond acceptors (Lipinski definition) is 5. The van der Waals surface area contributed by atoms with Gasteiger partial charge in [0.25, 0.3) is 0 Å². The average Bonchev–Trinajstić information content (AvgIpc) is 2.66. The predicted octanol–water partition coefficient (Wildman–Crippen LogP) is 2.49. The van der Waals surface area contributed by atoms with Gasteiger partial charge in [-0.25, -0.2) is 0 Å². The molecular weight excluding hydrogens is 423 g/mol. The summed E-state index contributed by atoms with van der Waals surface area (Å²) in [6.07, 6.45) is 14.0. The van der Waals surface area contributed by atoms with Crippen molar-refractivity contribution in [1.82, 2.24) is 0 Å². The van der Waals surface area contributed by atoms with Crippen LogP contribution in [0.15, 0.2) is 58.5 Å². The molecule has 0 aliphatic carbocycles. The maximum atomic E-state index is 12.0. The van der Waals surface area contributed by atoms with E-state index in [9.17, 15) is 5.11 Å². The fourth-order valence-electron chi connectivity index (χ4n) is 3.25. The minimum Gasteiger partial charge on any atom is -0.873 e. The molecule has 0 atom stereocenters. The number of benzene rings is 1. The first-order valence-electron chi connectivity index (χ1n) is 10.0. The van der Waals surface area contributed by atoms with E-state index in [-0.39, 0.29) is 62.7 Å². The van der Waals surface area contributed by atoms with E-state index in [1.54, 1.807) is 12.1 Å². The molecule has 1 rings (SSSR count). The summed E-state index contributed by atoms with van der Waals surface area (Å²) >= 11 is 9.82. The molecule has 0 spiro atoms. The Morgan fingerprint density at radius 2 is 1.86 bits per heavy atom. The van der Waals surface area contributed by atoms with Crippen molar-refractivity contribution in [2.45, 2.75) is 74.6 Å². The summed E-state index contributed by atoms with van der Waals surface area (Å²) in [4.78, 5) is 3.03. The quantitative estimate of drug-likeness (QED) is 0.219. The summed E-state index contributed by atoms with van der Waals surface area (Å²) in [5.41, 5.74) is 8.34. The molecule has 2 N–H and O–H groups in total. The van der Waals surface area contributed by atoms with Crippen LogP contribution in [0.2, 0.25) is 0 Å². The zero-order chi connectivity index (χ0) is 21.2. The summed E-state index contributed by atoms with van der Waals surface area (Å²) in [7, 11) is 0. The first kappa shape index (κ1) is 29.2. The molecule has 0 aliphatic heterocycles. The van der Waals surface area contributed by atoms with Crippen LogP contribution in [-0.4, -0.2) is 12.1 Å². The summed E-state index contributed by atoms with van der Waals surface area (Å²) in [5.74, 6) is -0.181. The van der Waals surface area contributed by atoms with Crippen LogP contribution in [0.1, 0.15) is 59.3 Å². The number of anilines is 1. The minimum atomic E-state index is -0.341. The Morgan fingerprint density at radius 1 is 1.28 bits per heavy atom. The van der Waals surface area contributed by atoms with Crippen molar-refractivity contribution in [3.63, 3.8) is 0 Å². The summed E-state index contributed by atoms with van der Waals surface area (Å²) < 4.78 is 0. The second-order valence-corrected chi connectivity index (χ2v) is 8.19. The smallest absolute Gasteiger partial charge is 0.873 e. The van der Waals surface area contributed by atoms with Gasteiger partial charge in [0, 0.05) is 22.7 Å². The second kappa shape index (κ2) is 15.1. The Morgan fingerprint density at radius 3 is 2.34 bits per heavy atom. The van der Waals surface area contributed by atoms with E-state index < -0.39 is 0 Å². The maximum Gasteiger partial charge on any atom is 1.00 e. The van der Waals surface area contributed by atoms with Crippen molar-refractivity contribution in [3.8, 4) is 5.75 Å². The Kier molecular flexibility index (Phi) is 15.2. The Balaban J connectivity index is 0.00000784. The van der Waals surface area contributed by atoms with Crippen LogP contribution in [0.25, 0.3) is 0 Å². The topological polar surface area (TPSA) is 52.3 Å². The summed E-state index contributed by atoms with van der Waals surface area (Å²) in [6, 6.07) is 3.23. The maximum absolute atomic E-state index is 12.0. The third-order valence-corrected chi connectivity index (χ3v) is 5.48. The molecule has 0 saturated heterocycles. The molecule has 0 unspecified atom stereocenters. The third kappa shape index (κ3) is 9.48. The van der Waals surface area contributed by atoms with Gasteiger partial charge >= 0.3 is 51.4 Å². The molecule has 1 aromatic carbocycles. The Bertz CT molecular complexity index is 696. The van der Waals surface area contributed by atoms with E-state index in [4.69, 9.17) is 18.4 Å². The zero-order valence-corrected chi connectivity index (χ0v) is 23.2. The summed E-state index contributed by atoms with van der Waals surface area (Å²) in [6.45, 7) is 10.8. The molecule has 0 aliphatic rings. The van der Waals surface area contributed by atoms with Crippen LogP contribution in [0, 0.1) is 0 Å². The predicted molar refractivity (Wildman–Crippen MR) is 125 cm³/mol. The molecule has 29 heavy (non-hydrogen) atoms. The number of nitrogens with two attached hydrogens (primary N) is 1. The molecule has 0 heterocycles. The number of thiol groups is 1. The SMILES string of the molecule is C=C/C=C(\C=C/C)N(CC(N)(CCCC)CCCC)c1cc([S-])c([O-])cc1S.[K+]. The largest absolute Gasteiger partial charge is 1.00 e. The van der Waals surface area contributed by atoms with E-state index in [2.05, 4.69) is 38.0 Å². The molecule has 0 aromatic heterocycles. The molecule has 6 heteroatoms. The van der Waals surface area contributed by atoms with Gasteiger partial charge in [-0.2, -0.15) is 4.90 Å².